The van der Waals surface area contributed by atoms with Crippen molar-refractivity contribution in [3.05, 3.63) is 57.6 Å². The number of rotatable bonds is 7. The number of ether oxygens (including phenoxy) is 2. The Balaban J connectivity index is 1.79. The zero-order valence-electron chi connectivity index (χ0n) is 16.9. The summed E-state index contributed by atoms with van der Waals surface area (Å²) in [6.07, 6.45) is 1.91. The fraction of sp³-hybridized carbons (Fsp3) is 0.381. The van der Waals surface area contributed by atoms with Gasteiger partial charge in [0.1, 0.15) is 23.2 Å². The van der Waals surface area contributed by atoms with Crippen LogP contribution in [0.4, 0.5) is 11.4 Å². The molecule has 1 unspecified atom stereocenters. The third kappa shape index (κ3) is 4.48. The van der Waals surface area contributed by atoms with Crippen molar-refractivity contribution in [3.63, 3.8) is 0 Å². The van der Waals surface area contributed by atoms with Crippen molar-refractivity contribution < 1.29 is 24.1 Å². The quantitative estimate of drug-likeness (QED) is 0.549. The molecule has 2 N–H and O–H groups in total. The van der Waals surface area contributed by atoms with E-state index in [0.717, 1.165) is 41.3 Å². The summed E-state index contributed by atoms with van der Waals surface area (Å²) in [6.45, 7) is 2.81. The van der Waals surface area contributed by atoms with Crippen LogP contribution in [0.25, 0.3) is 0 Å². The lowest BCUT2D eigenvalue weighted by Crippen LogP contribution is -3.11. The van der Waals surface area contributed by atoms with Gasteiger partial charge >= 0.3 is 0 Å². The van der Waals surface area contributed by atoms with Crippen LogP contribution in [-0.4, -0.2) is 38.1 Å². The third-order valence-electron chi connectivity index (χ3n) is 5.40. The van der Waals surface area contributed by atoms with Gasteiger partial charge in [-0.1, -0.05) is 12.1 Å². The second-order valence-corrected chi connectivity index (χ2v) is 7.16. The van der Waals surface area contributed by atoms with E-state index in [4.69, 9.17) is 9.47 Å². The van der Waals surface area contributed by atoms with Crippen LogP contribution < -0.4 is 19.7 Å². The van der Waals surface area contributed by atoms with Crippen LogP contribution in [0.1, 0.15) is 30.0 Å². The minimum atomic E-state index is -0.477. The van der Waals surface area contributed by atoms with Gasteiger partial charge in [-0.25, -0.2) is 0 Å². The summed E-state index contributed by atoms with van der Waals surface area (Å²) < 4.78 is 10.9. The van der Waals surface area contributed by atoms with Gasteiger partial charge in [0, 0.05) is 18.9 Å². The molecule has 1 saturated heterocycles. The van der Waals surface area contributed by atoms with Crippen LogP contribution >= 0.6 is 0 Å². The molecule has 2 aromatic rings. The molecule has 0 bridgehead atoms. The maximum absolute atomic E-state index is 12.7. The SMILES string of the molecule is COc1ccc(OC)c([C@H]2CCC[NH+]2CC(=O)Nc2c(C)cccc2[N+](=O)[O-])c1. The van der Waals surface area contributed by atoms with Gasteiger partial charge in [-0.15, -0.1) is 0 Å². The fourth-order valence-electron chi connectivity index (χ4n) is 3.97. The van der Waals surface area contributed by atoms with Gasteiger partial charge in [0.2, 0.25) is 0 Å². The van der Waals surface area contributed by atoms with Crippen molar-refractivity contribution in [1.82, 2.24) is 0 Å². The molecule has 2 aromatic carbocycles. The van der Waals surface area contributed by atoms with Crippen molar-refractivity contribution >= 4 is 17.3 Å². The molecule has 0 aliphatic carbocycles. The number of hydrogen-bond donors (Lipinski definition) is 2. The molecule has 8 heteroatoms. The van der Waals surface area contributed by atoms with Gasteiger partial charge in [-0.3, -0.25) is 14.9 Å². The van der Waals surface area contributed by atoms with Crippen molar-refractivity contribution in [2.24, 2.45) is 0 Å². The van der Waals surface area contributed by atoms with E-state index < -0.39 is 4.92 Å². The zero-order chi connectivity index (χ0) is 21.0. The summed E-state index contributed by atoms with van der Waals surface area (Å²) in [4.78, 5) is 24.7. The normalized spacial score (nSPS) is 18.3. The smallest absolute Gasteiger partial charge is 0.293 e. The minimum absolute atomic E-state index is 0.0951. The lowest BCUT2D eigenvalue weighted by molar-refractivity contribution is -0.910. The molecule has 1 fully saturated rings. The number of aryl methyl sites for hydroxylation is 1. The van der Waals surface area contributed by atoms with Crippen molar-refractivity contribution in [2.75, 3.05) is 32.6 Å². The lowest BCUT2D eigenvalue weighted by Gasteiger charge is -2.23. The third-order valence-corrected chi connectivity index (χ3v) is 5.40. The molecule has 0 radical (unpaired) electrons. The number of benzene rings is 2. The highest BCUT2D eigenvalue weighted by Crippen LogP contribution is 2.32. The molecular weight excluding hydrogens is 374 g/mol. The summed E-state index contributed by atoms with van der Waals surface area (Å²) in [5.74, 6) is 1.27. The van der Waals surface area contributed by atoms with Gasteiger partial charge < -0.3 is 19.7 Å². The number of nitrogens with zero attached hydrogens (tertiary/aromatic N) is 1. The average molecular weight is 400 g/mol. The molecular formula is C21H26N3O5+. The number of para-hydroxylation sites is 1. The van der Waals surface area contributed by atoms with E-state index in [1.165, 1.54) is 6.07 Å². The Kier molecular flexibility index (Phi) is 6.33. The van der Waals surface area contributed by atoms with E-state index in [2.05, 4.69) is 5.32 Å². The second-order valence-electron chi connectivity index (χ2n) is 7.16. The molecule has 0 aromatic heterocycles. The number of carbonyl (C=O) groups is 1. The number of nitro benzene ring substituents is 1. The number of methoxy groups -OCH3 is 2. The Morgan fingerprint density at radius 3 is 2.76 bits per heavy atom. The summed E-state index contributed by atoms with van der Waals surface area (Å²) in [5.41, 5.74) is 1.83. The highest BCUT2D eigenvalue weighted by Gasteiger charge is 2.34. The van der Waals surface area contributed by atoms with Gasteiger partial charge in [0.15, 0.2) is 6.54 Å². The van der Waals surface area contributed by atoms with E-state index in [9.17, 15) is 14.9 Å². The second kappa shape index (κ2) is 8.91. The van der Waals surface area contributed by atoms with E-state index in [1.54, 1.807) is 33.3 Å². The van der Waals surface area contributed by atoms with Crippen LogP contribution in [0.2, 0.25) is 0 Å². The molecule has 1 heterocycles. The molecule has 0 spiro atoms. The first-order valence-corrected chi connectivity index (χ1v) is 9.55. The van der Waals surface area contributed by atoms with Crippen LogP contribution in [0.3, 0.4) is 0 Å². The number of quaternary nitrogens is 1. The first kappa shape index (κ1) is 20.6. The molecule has 3 rings (SSSR count). The number of nitrogens with one attached hydrogen (secondary N) is 2. The highest BCUT2D eigenvalue weighted by molar-refractivity contribution is 5.94. The Morgan fingerprint density at radius 1 is 1.28 bits per heavy atom. The Labute approximate surface area is 169 Å². The van der Waals surface area contributed by atoms with Crippen molar-refractivity contribution in [3.8, 4) is 11.5 Å². The Morgan fingerprint density at radius 2 is 2.07 bits per heavy atom. The predicted molar refractivity (Wildman–Crippen MR) is 109 cm³/mol. The number of hydrogen-bond acceptors (Lipinski definition) is 5. The molecule has 154 valence electrons. The number of amides is 1. The van der Waals surface area contributed by atoms with Gasteiger partial charge in [-0.2, -0.15) is 0 Å². The van der Waals surface area contributed by atoms with Crippen LogP contribution in [0, 0.1) is 17.0 Å². The lowest BCUT2D eigenvalue weighted by atomic mass is 10.0. The molecule has 8 nitrogen and oxygen atoms in total. The van der Waals surface area contributed by atoms with Gasteiger partial charge in [0.25, 0.3) is 11.6 Å². The number of carbonyl (C=O) groups excluding carboxylic acids is 1. The summed E-state index contributed by atoms with van der Waals surface area (Å²) in [7, 11) is 3.25. The first-order chi connectivity index (χ1) is 13.9. The number of likely N-dealkylation sites (tertiary alicyclic amines) is 1. The van der Waals surface area contributed by atoms with Crippen molar-refractivity contribution in [1.29, 1.82) is 0 Å². The zero-order valence-corrected chi connectivity index (χ0v) is 16.9. The number of nitro groups is 1. The summed E-state index contributed by atoms with van der Waals surface area (Å²) >= 11 is 0. The van der Waals surface area contributed by atoms with Crippen LogP contribution in [-0.2, 0) is 4.79 Å². The van der Waals surface area contributed by atoms with Gasteiger partial charge in [0.05, 0.1) is 31.3 Å². The van der Waals surface area contributed by atoms with E-state index in [0.29, 0.717) is 5.56 Å². The van der Waals surface area contributed by atoms with Crippen LogP contribution in [0.5, 0.6) is 11.5 Å². The summed E-state index contributed by atoms with van der Waals surface area (Å²) in [6, 6.07) is 10.5. The maximum Gasteiger partial charge on any atom is 0.293 e. The maximum atomic E-state index is 12.7. The Hall–Kier alpha value is -3.13. The monoisotopic (exact) mass is 400 g/mol. The molecule has 29 heavy (non-hydrogen) atoms. The minimum Gasteiger partial charge on any atom is -0.497 e. The standard InChI is InChI=1S/C21H25N3O5/c1-14-6-4-7-18(24(26)27)21(14)22-20(25)13-23-11-5-8-17(23)16-12-15(28-2)9-10-19(16)29-3/h4,6-7,9-10,12,17H,5,8,11,13H2,1-3H3,(H,22,25)/p+1/t17-/m1/s1. The molecule has 1 amide bonds. The van der Waals surface area contributed by atoms with E-state index in [1.807, 2.05) is 18.2 Å². The van der Waals surface area contributed by atoms with Gasteiger partial charge in [-0.05, 0) is 30.7 Å². The van der Waals surface area contributed by atoms with Crippen LogP contribution in [0.15, 0.2) is 36.4 Å². The average Bonchev–Trinajstić information content (AvgIpc) is 3.16. The summed E-state index contributed by atoms with van der Waals surface area (Å²) in [5, 5.41) is 14.0. The molecule has 1 aliphatic heterocycles. The topological polar surface area (TPSA) is 95.1 Å². The predicted octanol–water partition coefficient (Wildman–Crippen LogP) is 2.28. The Bertz CT molecular complexity index is 915. The molecule has 0 saturated carbocycles. The number of anilines is 1. The molecule has 2 atom stereocenters. The fourth-order valence-corrected chi connectivity index (χ4v) is 3.97. The molecule has 1 aliphatic rings. The largest absolute Gasteiger partial charge is 0.497 e. The van der Waals surface area contributed by atoms with E-state index in [-0.39, 0.29) is 29.9 Å². The van der Waals surface area contributed by atoms with Crippen molar-refractivity contribution in [2.45, 2.75) is 25.8 Å². The van der Waals surface area contributed by atoms with E-state index >= 15 is 0 Å². The first-order valence-electron chi connectivity index (χ1n) is 9.55. The highest BCUT2D eigenvalue weighted by atomic mass is 16.6.